The molecule has 11 heteroatoms. The van der Waals surface area contributed by atoms with Crippen LogP contribution in [0.15, 0.2) is 91.0 Å². The van der Waals surface area contributed by atoms with Crippen LogP contribution in [0, 0.1) is 11.7 Å². The van der Waals surface area contributed by atoms with Gasteiger partial charge in [0.1, 0.15) is 17.6 Å². The van der Waals surface area contributed by atoms with Crippen LogP contribution in [-0.2, 0) is 9.59 Å². The second-order valence-electron chi connectivity index (χ2n) is 15.6. The smallest absolute Gasteiger partial charge is 0.262 e. The van der Waals surface area contributed by atoms with Gasteiger partial charge in [0.15, 0.2) is 0 Å². The van der Waals surface area contributed by atoms with E-state index in [2.05, 4.69) is 51.5 Å². The zero-order valence-corrected chi connectivity index (χ0v) is 32.5. The third-order valence-electron chi connectivity index (χ3n) is 12.2. The fourth-order valence-corrected chi connectivity index (χ4v) is 9.30. The quantitative estimate of drug-likeness (QED) is 0.0968. The van der Waals surface area contributed by atoms with Gasteiger partial charge in [0, 0.05) is 37.6 Å². The van der Waals surface area contributed by atoms with Gasteiger partial charge in [0.05, 0.1) is 11.1 Å². The van der Waals surface area contributed by atoms with Crippen LogP contribution >= 0.6 is 11.6 Å². The van der Waals surface area contributed by atoms with Crippen LogP contribution in [0.1, 0.15) is 93.8 Å². The number of carbonyl (C=O) groups is 4. The zero-order valence-electron chi connectivity index (χ0n) is 31.8. The van der Waals surface area contributed by atoms with E-state index in [-0.39, 0.29) is 35.6 Å². The van der Waals surface area contributed by atoms with Crippen molar-refractivity contribution in [2.75, 3.05) is 43.5 Å². The maximum absolute atomic E-state index is 15.5. The lowest BCUT2D eigenvalue weighted by Gasteiger charge is -2.38. The molecule has 4 aromatic rings. The van der Waals surface area contributed by atoms with Gasteiger partial charge in [0.25, 0.3) is 11.8 Å². The monoisotopic (exact) mass is 788 g/mol. The molecule has 0 aromatic heterocycles. The number of hydrogen-bond donors (Lipinski definition) is 2. The first kappa shape index (κ1) is 38.5. The van der Waals surface area contributed by atoms with Crippen molar-refractivity contribution in [2.45, 2.75) is 56.9 Å². The molecule has 0 radical (unpaired) electrons. The molecule has 3 saturated heterocycles. The largest absolute Gasteiger partial charge is 0.508 e. The molecule has 3 fully saturated rings. The minimum Gasteiger partial charge on any atom is -0.508 e. The topological polar surface area (TPSA) is 110 Å². The van der Waals surface area contributed by atoms with Gasteiger partial charge in [-0.05, 0) is 133 Å². The Kier molecular flexibility index (Phi) is 11.3. The van der Waals surface area contributed by atoms with Crippen LogP contribution in [0.25, 0.3) is 11.1 Å². The highest BCUT2D eigenvalue weighted by Gasteiger charge is 2.45. The van der Waals surface area contributed by atoms with Gasteiger partial charge >= 0.3 is 0 Å². The van der Waals surface area contributed by atoms with Gasteiger partial charge in [-0.15, -0.1) is 11.6 Å². The second-order valence-corrected chi connectivity index (χ2v) is 16.0. The van der Waals surface area contributed by atoms with Crippen molar-refractivity contribution in [1.29, 1.82) is 0 Å². The molecular weight excluding hydrogens is 743 g/mol. The van der Waals surface area contributed by atoms with Gasteiger partial charge in [-0.1, -0.05) is 54.6 Å². The number of rotatable bonds is 10. The summed E-state index contributed by atoms with van der Waals surface area (Å²) in [6.07, 6.45) is 4.44. The van der Waals surface area contributed by atoms with Crippen molar-refractivity contribution in [3.63, 3.8) is 0 Å². The fraction of sp³-hybridized carbons (Fsp3) is 0.348. The molecule has 0 aliphatic carbocycles. The number of benzene rings is 4. The number of alkyl halides is 1. The first-order valence-corrected chi connectivity index (χ1v) is 20.5. The van der Waals surface area contributed by atoms with Crippen LogP contribution in [0.3, 0.4) is 0 Å². The van der Waals surface area contributed by atoms with E-state index in [4.69, 9.17) is 11.6 Å². The Morgan fingerprint density at radius 3 is 2.02 bits per heavy atom. The van der Waals surface area contributed by atoms with Crippen molar-refractivity contribution in [3.8, 4) is 5.75 Å². The Morgan fingerprint density at radius 1 is 0.754 bits per heavy atom. The summed E-state index contributed by atoms with van der Waals surface area (Å²) in [4.78, 5) is 56.4. The second kappa shape index (κ2) is 16.6. The van der Waals surface area contributed by atoms with Crippen molar-refractivity contribution in [1.82, 2.24) is 15.1 Å². The highest BCUT2D eigenvalue weighted by atomic mass is 35.5. The number of fused-ring (bicyclic) bond motifs is 1. The maximum atomic E-state index is 15.5. The van der Waals surface area contributed by atoms with Crippen molar-refractivity contribution in [2.24, 2.45) is 5.92 Å². The van der Waals surface area contributed by atoms with Gasteiger partial charge < -0.3 is 14.9 Å². The lowest BCUT2D eigenvalue weighted by Crippen LogP contribution is -2.54. The molecule has 57 heavy (non-hydrogen) atoms. The summed E-state index contributed by atoms with van der Waals surface area (Å²) in [6, 6.07) is 28.1. The lowest BCUT2D eigenvalue weighted by atomic mass is 9.86. The van der Waals surface area contributed by atoms with E-state index in [1.807, 2.05) is 30.3 Å². The van der Waals surface area contributed by atoms with Gasteiger partial charge in [-0.3, -0.25) is 29.4 Å². The SMILES string of the molecule is O=C1CCC(N2C(=O)c3cc(F)c(C4CCN(CC5CCN(c6ccc(C(=C(CCCl)c7ccccc7)c7ccc(O)cc7)cc6)CC5)CC4)cc3C2=O)C(=O)N1. The number of imide groups is 2. The molecule has 1 unspecified atom stereocenters. The highest BCUT2D eigenvalue weighted by molar-refractivity contribution is 6.23. The number of nitrogens with zero attached hydrogens (tertiary/aromatic N) is 3. The third kappa shape index (κ3) is 7.98. The number of nitrogens with one attached hydrogen (secondary N) is 1. The van der Waals surface area contributed by atoms with Crippen LogP contribution in [0.5, 0.6) is 5.75 Å². The van der Waals surface area contributed by atoms with Gasteiger partial charge in [-0.2, -0.15) is 0 Å². The van der Waals surface area contributed by atoms with E-state index >= 15 is 4.39 Å². The third-order valence-corrected chi connectivity index (χ3v) is 12.3. The molecule has 4 heterocycles. The number of anilines is 1. The first-order valence-electron chi connectivity index (χ1n) is 19.9. The number of piperidine rings is 3. The summed E-state index contributed by atoms with van der Waals surface area (Å²) in [5, 5.41) is 12.2. The summed E-state index contributed by atoms with van der Waals surface area (Å²) in [7, 11) is 0. The Labute approximate surface area is 337 Å². The molecule has 8 rings (SSSR count). The molecule has 0 saturated carbocycles. The van der Waals surface area contributed by atoms with Gasteiger partial charge in [-0.25, -0.2) is 4.39 Å². The van der Waals surface area contributed by atoms with Crippen molar-refractivity contribution in [3.05, 3.63) is 130 Å². The lowest BCUT2D eigenvalue weighted by molar-refractivity contribution is -0.136. The molecule has 0 spiro atoms. The number of carbonyl (C=O) groups excluding carboxylic acids is 4. The number of hydrogen-bond acceptors (Lipinski definition) is 7. The number of phenols is 1. The van der Waals surface area contributed by atoms with Gasteiger partial charge in [0.2, 0.25) is 11.8 Å². The Morgan fingerprint density at radius 2 is 1.39 bits per heavy atom. The summed E-state index contributed by atoms with van der Waals surface area (Å²) >= 11 is 6.35. The van der Waals surface area contributed by atoms with Crippen molar-refractivity contribution < 1.29 is 28.7 Å². The van der Waals surface area contributed by atoms with E-state index in [0.29, 0.717) is 23.8 Å². The van der Waals surface area contributed by atoms with Crippen LogP contribution in [-0.4, -0.2) is 83.2 Å². The van der Waals surface area contributed by atoms with E-state index in [1.165, 1.54) is 11.8 Å². The summed E-state index contributed by atoms with van der Waals surface area (Å²) < 4.78 is 15.5. The molecule has 4 amide bonds. The molecule has 2 N–H and O–H groups in total. The van der Waals surface area contributed by atoms with E-state index in [9.17, 15) is 24.3 Å². The Hall–Kier alpha value is -5.32. The normalized spacial score (nSPS) is 20.1. The van der Waals surface area contributed by atoms with Crippen LogP contribution < -0.4 is 10.2 Å². The highest BCUT2D eigenvalue weighted by Crippen LogP contribution is 2.38. The Bertz CT molecular complexity index is 2190. The first-order chi connectivity index (χ1) is 27.7. The van der Waals surface area contributed by atoms with Crippen molar-refractivity contribution >= 4 is 52.1 Å². The average molecular weight is 789 g/mol. The molecule has 0 bridgehead atoms. The predicted octanol–water partition coefficient (Wildman–Crippen LogP) is 7.62. The van der Waals surface area contributed by atoms with E-state index < -0.39 is 35.5 Å². The number of amides is 4. The van der Waals surface area contributed by atoms with Crippen LogP contribution in [0.2, 0.25) is 0 Å². The summed E-state index contributed by atoms with van der Waals surface area (Å²) in [5.41, 5.74) is 7.26. The standard InChI is InChI=1S/C46H46ClFN4O5/c47-21-16-36(30-4-2-1-3-5-30)43(33-8-12-35(53)13-9-33)32-6-10-34(11-7-32)51-24-17-29(18-25-51)28-50-22-19-31(20-23-50)37-26-38-39(27-40(37)48)46(57)52(45(38)56)41-14-15-42(54)49-44(41)55/h1-13,26-27,29,31,41,53H,14-25,28H2,(H,49,54,55). The minimum absolute atomic E-state index is 0.0270. The van der Waals surface area contributed by atoms with Crippen LogP contribution in [0.4, 0.5) is 10.1 Å². The fourth-order valence-electron chi connectivity index (χ4n) is 9.12. The number of aromatic hydroxyl groups is 1. The van der Waals surface area contributed by atoms with E-state index in [0.717, 1.165) is 97.2 Å². The molecule has 294 valence electrons. The summed E-state index contributed by atoms with van der Waals surface area (Å²) in [5.74, 6) is -1.72. The molecule has 1 atom stereocenters. The molecular formula is C46H46ClFN4O5. The molecule has 9 nitrogen and oxygen atoms in total. The number of halogens is 2. The number of likely N-dealkylation sites (tertiary alicyclic amines) is 1. The number of phenolic OH excluding ortho intramolecular Hbond substituents is 1. The maximum Gasteiger partial charge on any atom is 0.262 e. The van der Waals surface area contributed by atoms with E-state index in [1.54, 1.807) is 12.1 Å². The molecule has 4 aliphatic heterocycles. The predicted molar refractivity (Wildman–Crippen MR) is 219 cm³/mol. The molecule has 4 aromatic carbocycles. The molecule has 4 aliphatic rings. The zero-order chi connectivity index (χ0) is 39.6. The Balaban J connectivity index is 0.877. The summed E-state index contributed by atoms with van der Waals surface area (Å²) in [6.45, 7) is 4.56. The number of allylic oxidation sites excluding steroid dienone is 1. The minimum atomic E-state index is -1.08. The average Bonchev–Trinajstić information content (AvgIpc) is 3.46.